The maximum atomic E-state index is 5.80. The Morgan fingerprint density at radius 3 is 2.33 bits per heavy atom. The van der Waals surface area contributed by atoms with Gasteiger partial charge in [0.1, 0.15) is 0 Å². The highest BCUT2D eigenvalue weighted by Crippen LogP contribution is 2.23. The van der Waals surface area contributed by atoms with Crippen molar-refractivity contribution in [2.24, 2.45) is 0 Å². The predicted molar refractivity (Wildman–Crippen MR) is 71.0 cm³/mol. The molecule has 0 aliphatic carbocycles. The zero-order valence-corrected chi connectivity index (χ0v) is 11.0. The molecule has 0 amide bonds. The third-order valence-electron chi connectivity index (χ3n) is 2.98. The molecule has 4 nitrogen and oxygen atoms in total. The van der Waals surface area contributed by atoms with Gasteiger partial charge in [0.25, 0.3) is 0 Å². The largest absolute Gasteiger partial charge is 0.336 e. The number of hydrogen-bond donors (Lipinski definition) is 0. The Hall–Kier alpha value is -1.39. The minimum Gasteiger partial charge on any atom is -0.336 e. The van der Waals surface area contributed by atoms with E-state index in [0.717, 1.165) is 19.5 Å². The quantitative estimate of drug-likeness (QED) is 0.806. The van der Waals surface area contributed by atoms with E-state index in [4.69, 9.17) is 23.2 Å². The first-order chi connectivity index (χ1) is 8.72. The van der Waals surface area contributed by atoms with E-state index in [0.29, 0.717) is 5.95 Å². The summed E-state index contributed by atoms with van der Waals surface area (Å²) in [7, 11) is 0. The SMILES string of the molecule is Clc1nc(Cl)nc(N2CCc3ccccc3C2)n1. The lowest BCUT2D eigenvalue weighted by Gasteiger charge is -2.28. The number of anilines is 1. The highest BCUT2D eigenvalue weighted by Gasteiger charge is 2.19. The van der Waals surface area contributed by atoms with Crippen LogP contribution in [0.3, 0.4) is 0 Å². The molecule has 0 radical (unpaired) electrons. The number of benzene rings is 1. The molecule has 0 unspecified atom stereocenters. The van der Waals surface area contributed by atoms with Gasteiger partial charge in [0.15, 0.2) is 0 Å². The van der Waals surface area contributed by atoms with Crippen molar-refractivity contribution in [2.75, 3.05) is 11.4 Å². The summed E-state index contributed by atoms with van der Waals surface area (Å²) < 4.78 is 0. The second kappa shape index (κ2) is 4.71. The van der Waals surface area contributed by atoms with Gasteiger partial charge < -0.3 is 4.90 Å². The lowest BCUT2D eigenvalue weighted by molar-refractivity contribution is 0.704. The van der Waals surface area contributed by atoms with E-state index in [1.165, 1.54) is 11.1 Å². The first-order valence-corrected chi connectivity index (χ1v) is 6.37. The molecule has 92 valence electrons. The van der Waals surface area contributed by atoms with Gasteiger partial charge in [0.2, 0.25) is 16.5 Å². The lowest BCUT2D eigenvalue weighted by Crippen LogP contribution is -2.31. The number of hydrogen-bond acceptors (Lipinski definition) is 4. The van der Waals surface area contributed by atoms with Crippen LogP contribution in [-0.2, 0) is 13.0 Å². The van der Waals surface area contributed by atoms with Crippen LogP contribution in [0.15, 0.2) is 24.3 Å². The molecule has 0 saturated carbocycles. The number of fused-ring (bicyclic) bond motifs is 1. The molecule has 0 bridgehead atoms. The fourth-order valence-electron chi connectivity index (χ4n) is 2.12. The molecular formula is C12H10Cl2N4. The van der Waals surface area contributed by atoms with Gasteiger partial charge in [0, 0.05) is 13.1 Å². The summed E-state index contributed by atoms with van der Waals surface area (Å²) in [5.41, 5.74) is 2.66. The van der Waals surface area contributed by atoms with E-state index < -0.39 is 0 Å². The number of aromatic nitrogens is 3. The van der Waals surface area contributed by atoms with Crippen molar-refractivity contribution in [3.63, 3.8) is 0 Å². The standard InChI is InChI=1S/C12H10Cl2N4/c13-10-15-11(14)17-12(16-10)18-6-5-8-3-1-2-4-9(8)7-18/h1-4H,5-7H2. The molecule has 0 atom stereocenters. The molecule has 3 rings (SSSR count). The smallest absolute Gasteiger partial charge is 0.231 e. The van der Waals surface area contributed by atoms with Crippen molar-refractivity contribution in [1.29, 1.82) is 0 Å². The number of rotatable bonds is 1. The number of halogens is 2. The van der Waals surface area contributed by atoms with Gasteiger partial charge in [-0.3, -0.25) is 0 Å². The second-order valence-corrected chi connectivity index (χ2v) is 4.79. The van der Waals surface area contributed by atoms with Crippen LogP contribution < -0.4 is 4.90 Å². The van der Waals surface area contributed by atoms with Crippen LogP contribution in [0.5, 0.6) is 0 Å². The Morgan fingerprint density at radius 1 is 0.944 bits per heavy atom. The Kier molecular flexibility index (Phi) is 3.06. The average Bonchev–Trinajstić information content (AvgIpc) is 2.37. The Balaban J connectivity index is 1.91. The molecule has 2 aromatic rings. The second-order valence-electron chi connectivity index (χ2n) is 4.11. The van der Waals surface area contributed by atoms with E-state index in [-0.39, 0.29) is 10.6 Å². The van der Waals surface area contributed by atoms with Crippen molar-refractivity contribution in [3.8, 4) is 0 Å². The number of nitrogens with zero attached hydrogens (tertiary/aromatic N) is 4. The molecule has 1 aliphatic heterocycles. The molecule has 0 fully saturated rings. The first kappa shape index (κ1) is 11.7. The van der Waals surface area contributed by atoms with Crippen LogP contribution >= 0.6 is 23.2 Å². The van der Waals surface area contributed by atoms with Gasteiger partial charge in [-0.15, -0.1) is 0 Å². The van der Waals surface area contributed by atoms with Crippen LogP contribution in [-0.4, -0.2) is 21.5 Å². The zero-order chi connectivity index (χ0) is 12.5. The molecule has 0 N–H and O–H groups in total. The molecule has 2 heterocycles. The molecule has 0 spiro atoms. The van der Waals surface area contributed by atoms with Crippen molar-refractivity contribution in [2.45, 2.75) is 13.0 Å². The minimum absolute atomic E-state index is 0.129. The molecule has 6 heteroatoms. The van der Waals surface area contributed by atoms with E-state index in [1.54, 1.807) is 0 Å². The fraction of sp³-hybridized carbons (Fsp3) is 0.250. The highest BCUT2D eigenvalue weighted by molar-refractivity contribution is 6.31. The third-order valence-corrected chi connectivity index (χ3v) is 3.32. The normalized spacial score (nSPS) is 14.4. The summed E-state index contributed by atoms with van der Waals surface area (Å²) in [5.74, 6) is 0.537. The van der Waals surface area contributed by atoms with Crippen molar-refractivity contribution >= 4 is 29.2 Å². The van der Waals surface area contributed by atoms with Crippen LogP contribution in [0.25, 0.3) is 0 Å². The van der Waals surface area contributed by atoms with Gasteiger partial charge >= 0.3 is 0 Å². The zero-order valence-electron chi connectivity index (χ0n) is 9.48. The molecule has 0 saturated heterocycles. The van der Waals surface area contributed by atoms with Crippen molar-refractivity contribution < 1.29 is 0 Å². The molecule has 1 aromatic carbocycles. The summed E-state index contributed by atoms with van der Waals surface area (Å²) in [6.07, 6.45) is 0.969. The highest BCUT2D eigenvalue weighted by atomic mass is 35.5. The predicted octanol–water partition coefficient (Wildman–Crippen LogP) is 2.74. The minimum atomic E-state index is 0.129. The van der Waals surface area contributed by atoms with Gasteiger partial charge in [-0.25, -0.2) is 0 Å². The van der Waals surface area contributed by atoms with Crippen LogP contribution in [0.1, 0.15) is 11.1 Å². The van der Waals surface area contributed by atoms with Crippen LogP contribution in [0.4, 0.5) is 5.95 Å². The van der Waals surface area contributed by atoms with E-state index in [9.17, 15) is 0 Å². The van der Waals surface area contributed by atoms with Gasteiger partial charge in [-0.1, -0.05) is 24.3 Å². The van der Waals surface area contributed by atoms with E-state index in [1.807, 2.05) is 6.07 Å². The topological polar surface area (TPSA) is 41.9 Å². The van der Waals surface area contributed by atoms with Crippen LogP contribution in [0, 0.1) is 0 Å². The van der Waals surface area contributed by atoms with Gasteiger partial charge in [-0.05, 0) is 40.7 Å². The summed E-state index contributed by atoms with van der Waals surface area (Å²) >= 11 is 11.6. The van der Waals surface area contributed by atoms with E-state index >= 15 is 0 Å². The van der Waals surface area contributed by atoms with Gasteiger partial charge in [-0.2, -0.15) is 15.0 Å². The molecular weight excluding hydrogens is 271 g/mol. The monoisotopic (exact) mass is 280 g/mol. The maximum absolute atomic E-state index is 5.80. The fourth-order valence-corrected chi connectivity index (χ4v) is 2.48. The van der Waals surface area contributed by atoms with Crippen LogP contribution in [0.2, 0.25) is 10.6 Å². The van der Waals surface area contributed by atoms with E-state index in [2.05, 4.69) is 38.1 Å². The third kappa shape index (κ3) is 2.26. The average molecular weight is 281 g/mol. The molecule has 18 heavy (non-hydrogen) atoms. The van der Waals surface area contributed by atoms with Gasteiger partial charge in [0.05, 0.1) is 0 Å². The van der Waals surface area contributed by atoms with Crippen molar-refractivity contribution in [3.05, 3.63) is 46.0 Å². The lowest BCUT2D eigenvalue weighted by atomic mass is 10.0. The van der Waals surface area contributed by atoms with Crippen molar-refractivity contribution in [1.82, 2.24) is 15.0 Å². The molecule has 1 aromatic heterocycles. The molecule has 1 aliphatic rings. The Bertz CT molecular complexity index is 568. The summed E-state index contributed by atoms with van der Waals surface area (Å²) in [6, 6.07) is 8.37. The summed E-state index contributed by atoms with van der Waals surface area (Å²) in [4.78, 5) is 14.0. The Morgan fingerprint density at radius 2 is 1.61 bits per heavy atom. The first-order valence-electron chi connectivity index (χ1n) is 5.61. The maximum Gasteiger partial charge on any atom is 0.231 e. The summed E-state index contributed by atoms with van der Waals surface area (Å²) in [5, 5.41) is 0.257. The summed E-state index contributed by atoms with van der Waals surface area (Å²) in [6.45, 7) is 1.63. The Labute approximate surface area is 115 Å².